The van der Waals surface area contributed by atoms with E-state index in [-0.39, 0.29) is 29.1 Å². The summed E-state index contributed by atoms with van der Waals surface area (Å²) in [5.74, 6) is 0.0128. The maximum absolute atomic E-state index is 12.8. The molecule has 1 aliphatic heterocycles. The number of benzene rings is 2. The summed E-state index contributed by atoms with van der Waals surface area (Å²) < 4.78 is 1.65. The average molecular weight is 465 g/mol. The molecule has 0 unspecified atom stereocenters. The van der Waals surface area contributed by atoms with Gasteiger partial charge in [-0.3, -0.25) is 9.36 Å². The van der Waals surface area contributed by atoms with Gasteiger partial charge < -0.3 is 25.3 Å². The molecule has 0 aliphatic carbocycles. The van der Waals surface area contributed by atoms with E-state index < -0.39 is 0 Å². The lowest BCUT2D eigenvalue weighted by Gasteiger charge is -2.34. The highest BCUT2D eigenvalue weighted by molar-refractivity contribution is 5.92. The lowest BCUT2D eigenvalue weighted by Crippen LogP contribution is -2.44. The van der Waals surface area contributed by atoms with Gasteiger partial charge in [0, 0.05) is 50.2 Å². The summed E-state index contributed by atoms with van der Waals surface area (Å²) in [6.45, 7) is 10.1. The first-order valence-corrected chi connectivity index (χ1v) is 11.6. The number of hydrogen-bond acceptors (Lipinski definition) is 7. The van der Waals surface area contributed by atoms with Gasteiger partial charge in [-0.25, -0.2) is 0 Å². The number of carbonyl (C=O) groups excluding carboxylic acids is 1. The van der Waals surface area contributed by atoms with Crippen molar-refractivity contribution in [2.24, 2.45) is 0 Å². The van der Waals surface area contributed by atoms with Crippen LogP contribution < -0.4 is 10.2 Å². The van der Waals surface area contributed by atoms with Crippen LogP contribution in [0.3, 0.4) is 0 Å². The van der Waals surface area contributed by atoms with Crippen molar-refractivity contribution in [1.29, 1.82) is 0 Å². The van der Waals surface area contributed by atoms with Crippen LogP contribution in [0.4, 0.5) is 5.69 Å². The Bertz CT molecular complexity index is 1160. The number of piperazine rings is 1. The van der Waals surface area contributed by atoms with E-state index >= 15 is 0 Å². The molecule has 34 heavy (non-hydrogen) atoms. The van der Waals surface area contributed by atoms with Crippen molar-refractivity contribution in [2.75, 3.05) is 44.7 Å². The van der Waals surface area contributed by atoms with Crippen LogP contribution in [0.5, 0.6) is 11.5 Å². The van der Waals surface area contributed by atoms with Crippen LogP contribution in [-0.2, 0) is 0 Å². The second-order valence-corrected chi connectivity index (χ2v) is 8.93. The molecule has 9 heteroatoms. The third-order valence-corrected chi connectivity index (χ3v) is 6.19. The summed E-state index contributed by atoms with van der Waals surface area (Å²) in [7, 11) is 2.13. The number of amides is 1. The molecule has 1 amide bonds. The molecule has 0 saturated carbocycles. The third-order valence-electron chi connectivity index (χ3n) is 6.19. The van der Waals surface area contributed by atoms with E-state index in [4.69, 9.17) is 0 Å². The monoisotopic (exact) mass is 464 g/mol. The van der Waals surface area contributed by atoms with Gasteiger partial charge >= 0.3 is 0 Å². The first-order chi connectivity index (χ1) is 16.3. The van der Waals surface area contributed by atoms with Crippen LogP contribution in [0.15, 0.2) is 36.4 Å². The number of likely N-dealkylation sites (N-methyl/N-ethyl adjacent to an activating group) is 1. The van der Waals surface area contributed by atoms with Crippen molar-refractivity contribution in [3.05, 3.63) is 47.8 Å². The minimum absolute atomic E-state index is 0.0165. The Morgan fingerprint density at radius 2 is 1.65 bits per heavy atom. The smallest absolute Gasteiger partial charge is 0.289 e. The van der Waals surface area contributed by atoms with E-state index in [1.807, 2.05) is 45.0 Å². The molecule has 2 heterocycles. The molecule has 180 valence electrons. The number of aromatic nitrogens is 3. The fourth-order valence-electron chi connectivity index (χ4n) is 4.20. The number of aromatic hydroxyl groups is 2. The standard InChI is InChI=1S/C25H32N6O3/c1-5-26-25(34)24-28-27-23(20-14-19(16(2)3)21(32)15-22(20)33)31(24)18-8-6-17(7-9-18)30-12-10-29(4)11-13-30/h6-9,14-16,32-33H,5,10-13H2,1-4H3,(H,26,34). The zero-order valence-electron chi connectivity index (χ0n) is 20.1. The van der Waals surface area contributed by atoms with Gasteiger partial charge in [-0.1, -0.05) is 13.8 Å². The van der Waals surface area contributed by atoms with Crippen LogP contribution in [0.1, 0.15) is 42.9 Å². The molecule has 0 atom stereocenters. The van der Waals surface area contributed by atoms with Crippen molar-refractivity contribution >= 4 is 11.6 Å². The molecule has 0 spiro atoms. The van der Waals surface area contributed by atoms with Gasteiger partial charge in [-0.2, -0.15) is 0 Å². The molecule has 1 fully saturated rings. The Morgan fingerprint density at radius 1 is 1.00 bits per heavy atom. The van der Waals surface area contributed by atoms with E-state index in [2.05, 4.69) is 32.4 Å². The number of phenols is 2. The summed E-state index contributed by atoms with van der Waals surface area (Å²) in [4.78, 5) is 17.4. The maximum Gasteiger partial charge on any atom is 0.289 e. The third kappa shape index (κ3) is 4.56. The zero-order chi connectivity index (χ0) is 24.4. The molecule has 3 N–H and O–H groups in total. The lowest BCUT2D eigenvalue weighted by atomic mass is 9.98. The van der Waals surface area contributed by atoms with E-state index in [0.717, 1.165) is 31.9 Å². The van der Waals surface area contributed by atoms with Crippen molar-refractivity contribution in [1.82, 2.24) is 25.0 Å². The van der Waals surface area contributed by atoms with Crippen molar-refractivity contribution < 1.29 is 15.0 Å². The molecule has 0 radical (unpaired) electrons. The van der Waals surface area contributed by atoms with Crippen LogP contribution in [-0.4, -0.2) is 75.6 Å². The Hall–Kier alpha value is -3.59. The highest BCUT2D eigenvalue weighted by Crippen LogP contribution is 2.38. The first-order valence-electron chi connectivity index (χ1n) is 11.6. The number of rotatable bonds is 6. The lowest BCUT2D eigenvalue weighted by molar-refractivity contribution is 0.0943. The highest BCUT2D eigenvalue weighted by atomic mass is 16.3. The summed E-state index contributed by atoms with van der Waals surface area (Å²) in [6, 6.07) is 10.9. The van der Waals surface area contributed by atoms with E-state index in [1.165, 1.54) is 6.07 Å². The van der Waals surface area contributed by atoms with Gasteiger partial charge in [-0.15, -0.1) is 10.2 Å². The van der Waals surface area contributed by atoms with Crippen LogP contribution in [0.25, 0.3) is 17.1 Å². The topological polar surface area (TPSA) is 107 Å². The molecular weight excluding hydrogens is 432 g/mol. The fraction of sp³-hybridized carbons (Fsp3) is 0.400. The summed E-state index contributed by atoms with van der Waals surface area (Å²) in [5.41, 5.74) is 2.89. The largest absolute Gasteiger partial charge is 0.508 e. The number of hydrogen-bond donors (Lipinski definition) is 3. The van der Waals surface area contributed by atoms with Crippen LogP contribution in [0.2, 0.25) is 0 Å². The summed E-state index contributed by atoms with van der Waals surface area (Å²) in [5, 5.41) is 32.1. The SMILES string of the molecule is CCNC(=O)c1nnc(-c2cc(C(C)C)c(O)cc2O)n1-c1ccc(N2CCN(C)CC2)cc1. The number of phenolic OH excluding ortho intramolecular Hbond substituents is 2. The highest BCUT2D eigenvalue weighted by Gasteiger charge is 2.24. The van der Waals surface area contributed by atoms with Crippen LogP contribution in [0, 0.1) is 0 Å². The average Bonchev–Trinajstić information content (AvgIpc) is 3.25. The molecule has 1 aliphatic rings. The predicted octanol–water partition coefficient (Wildman–Crippen LogP) is 2.97. The normalized spacial score (nSPS) is 14.6. The van der Waals surface area contributed by atoms with Crippen LogP contribution >= 0.6 is 0 Å². The Balaban J connectivity index is 1.80. The number of nitrogens with zero attached hydrogens (tertiary/aromatic N) is 5. The minimum atomic E-state index is -0.355. The molecule has 2 aromatic carbocycles. The molecule has 0 bridgehead atoms. The van der Waals surface area contributed by atoms with Gasteiger partial charge in [-0.05, 0) is 55.8 Å². The predicted molar refractivity (Wildman–Crippen MR) is 132 cm³/mol. The van der Waals surface area contributed by atoms with Crippen molar-refractivity contribution in [2.45, 2.75) is 26.7 Å². The Labute approximate surface area is 199 Å². The maximum atomic E-state index is 12.8. The van der Waals surface area contributed by atoms with Gasteiger partial charge in [0.05, 0.1) is 5.56 Å². The minimum Gasteiger partial charge on any atom is -0.508 e. The van der Waals surface area contributed by atoms with Gasteiger partial charge in [0.25, 0.3) is 5.91 Å². The summed E-state index contributed by atoms with van der Waals surface area (Å²) >= 11 is 0. The van der Waals surface area contributed by atoms with Gasteiger partial charge in [0.15, 0.2) is 5.82 Å². The second kappa shape index (κ2) is 9.72. The molecule has 4 rings (SSSR count). The quantitative estimate of drug-likeness (QED) is 0.515. The zero-order valence-corrected chi connectivity index (χ0v) is 20.1. The van der Waals surface area contributed by atoms with Gasteiger partial charge in [0.1, 0.15) is 11.5 Å². The number of anilines is 1. The summed E-state index contributed by atoms with van der Waals surface area (Å²) in [6.07, 6.45) is 0. The van der Waals surface area contributed by atoms with E-state index in [9.17, 15) is 15.0 Å². The molecule has 1 aromatic heterocycles. The first kappa shape index (κ1) is 23.6. The van der Waals surface area contributed by atoms with E-state index in [1.54, 1.807) is 10.6 Å². The number of carbonyl (C=O) groups is 1. The van der Waals surface area contributed by atoms with E-state index in [0.29, 0.717) is 29.2 Å². The Kier molecular flexibility index (Phi) is 6.74. The molecule has 3 aromatic rings. The Morgan fingerprint density at radius 3 is 2.26 bits per heavy atom. The van der Waals surface area contributed by atoms with Gasteiger partial charge in [0.2, 0.25) is 5.82 Å². The second-order valence-electron chi connectivity index (χ2n) is 8.93. The van der Waals surface area contributed by atoms with Crippen molar-refractivity contribution in [3.63, 3.8) is 0 Å². The molecule has 1 saturated heterocycles. The molecular formula is C25H32N6O3. The fourth-order valence-corrected chi connectivity index (χ4v) is 4.20. The number of nitrogens with one attached hydrogen (secondary N) is 1. The van der Waals surface area contributed by atoms with Crippen molar-refractivity contribution in [3.8, 4) is 28.6 Å². The molecule has 9 nitrogen and oxygen atoms in total.